The molecule has 3 aromatic carbocycles. The van der Waals surface area contributed by atoms with Crippen molar-refractivity contribution in [1.29, 1.82) is 0 Å². The van der Waals surface area contributed by atoms with Gasteiger partial charge in [0.05, 0.1) is 30.8 Å². The van der Waals surface area contributed by atoms with E-state index in [0.717, 1.165) is 23.2 Å². The van der Waals surface area contributed by atoms with Crippen LogP contribution in [0.1, 0.15) is 27.0 Å². The molecule has 1 atom stereocenters. The molecule has 0 spiro atoms. The molecule has 0 saturated heterocycles. The van der Waals surface area contributed by atoms with Crippen LogP contribution in [-0.4, -0.2) is 36.3 Å². The van der Waals surface area contributed by atoms with E-state index in [1.807, 2.05) is 36.5 Å². The van der Waals surface area contributed by atoms with Crippen molar-refractivity contribution in [2.75, 3.05) is 12.0 Å². The largest absolute Gasteiger partial charge is 0.493 e. The third-order valence-electron chi connectivity index (χ3n) is 5.87. The summed E-state index contributed by atoms with van der Waals surface area (Å²) in [4.78, 5) is 30.9. The van der Waals surface area contributed by atoms with Crippen molar-refractivity contribution in [2.45, 2.75) is 25.5 Å². The third kappa shape index (κ3) is 3.93. The average molecular weight is 442 g/mol. The first-order chi connectivity index (χ1) is 16.0. The number of carbonyl (C=O) groups is 2. The van der Waals surface area contributed by atoms with Gasteiger partial charge >= 0.3 is 5.97 Å². The smallest absolute Gasteiger partial charge is 0.307 e. The highest BCUT2D eigenvalue weighted by molar-refractivity contribution is 6.14. The molecule has 166 valence electrons. The molecule has 0 radical (unpaired) electrons. The average Bonchev–Trinajstić information content (AvgIpc) is 3.13. The number of methoxy groups -OCH3 is 1. The number of aliphatic imine (C=N–C) groups is 1. The lowest BCUT2D eigenvalue weighted by molar-refractivity contribution is -0.136. The van der Waals surface area contributed by atoms with Crippen LogP contribution < -0.4 is 14.4 Å². The number of fused-ring (bicyclic) bond motifs is 4. The molecule has 0 fully saturated rings. The molecule has 0 saturated carbocycles. The predicted molar refractivity (Wildman–Crippen MR) is 124 cm³/mol. The minimum absolute atomic E-state index is 0.0480. The van der Waals surface area contributed by atoms with E-state index in [2.05, 4.69) is 4.99 Å². The Morgan fingerprint density at radius 2 is 1.91 bits per heavy atom. The van der Waals surface area contributed by atoms with Crippen LogP contribution in [0, 0.1) is 0 Å². The maximum Gasteiger partial charge on any atom is 0.307 e. The fraction of sp³-hybridized carbons (Fsp3) is 0.192. The molecule has 0 unspecified atom stereocenters. The van der Waals surface area contributed by atoms with Gasteiger partial charge in [-0.15, -0.1) is 0 Å². The summed E-state index contributed by atoms with van der Waals surface area (Å²) in [6.07, 6.45) is 2.50. The highest BCUT2D eigenvalue weighted by Crippen LogP contribution is 2.41. The first kappa shape index (κ1) is 20.8. The molecular weight excluding hydrogens is 420 g/mol. The van der Waals surface area contributed by atoms with Gasteiger partial charge in [0.1, 0.15) is 6.61 Å². The topological polar surface area (TPSA) is 88.4 Å². The molecule has 0 aromatic heterocycles. The number of anilines is 1. The zero-order chi connectivity index (χ0) is 22.9. The van der Waals surface area contributed by atoms with Crippen LogP contribution in [0.4, 0.5) is 11.4 Å². The Kier molecular flexibility index (Phi) is 5.30. The van der Waals surface area contributed by atoms with Crippen molar-refractivity contribution in [3.05, 3.63) is 82.9 Å². The monoisotopic (exact) mass is 442 g/mol. The van der Waals surface area contributed by atoms with E-state index < -0.39 is 5.97 Å². The van der Waals surface area contributed by atoms with Crippen LogP contribution in [0.15, 0.2) is 65.7 Å². The molecule has 2 aliphatic rings. The number of hydrogen-bond donors (Lipinski definition) is 1. The van der Waals surface area contributed by atoms with Crippen molar-refractivity contribution in [1.82, 2.24) is 0 Å². The van der Waals surface area contributed by atoms with E-state index in [1.54, 1.807) is 35.2 Å². The lowest BCUT2D eigenvalue weighted by atomic mass is 10.1. The van der Waals surface area contributed by atoms with Gasteiger partial charge in [-0.2, -0.15) is 0 Å². The predicted octanol–water partition coefficient (Wildman–Crippen LogP) is 4.19. The minimum Gasteiger partial charge on any atom is -0.493 e. The highest BCUT2D eigenvalue weighted by Gasteiger charge is 2.36. The van der Waals surface area contributed by atoms with E-state index in [9.17, 15) is 9.59 Å². The zero-order valence-corrected chi connectivity index (χ0v) is 18.0. The van der Waals surface area contributed by atoms with Crippen LogP contribution in [0.2, 0.25) is 0 Å². The highest BCUT2D eigenvalue weighted by atomic mass is 16.5. The van der Waals surface area contributed by atoms with Crippen LogP contribution >= 0.6 is 0 Å². The summed E-state index contributed by atoms with van der Waals surface area (Å²) in [5, 5.41) is 9.01. The Morgan fingerprint density at radius 1 is 1.09 bits per heavy atom. The summed E-state index contributed by atoms with van der Waals surface area (Å²) in [6, 6.07) is 18.4. The molecule has 2 aliphatic heterocycles. The van der Waals surface area contributed by atoms with E-state index in [0.29, 0.717) is 28.3 Å². The first-order valence-electron chi connectivity index (χ1n) is 10.6. The molecule has 1 amide bonds. The second kappa shape index (κ2) is 8.43. The third-order valence-corrected chi connectivity index (χ3v) is 5.87. The lowest BCUT2D eigenvalue weighted by Gasteiger charge is -2.22. The van der Waals surface area contributed by atoms with Gasteiger partial charge in [-0.3, -0.25) is 19.5 Å². The van der Waals surface area contributed by atoms with Gasteiger partial charge in [0.25, 0.3) is 5.91 Å². The van der Waals surface area contributed by atoms with E-state index in [4.69, 9.17) is 14.6 Å². The summed E-state index contributed by atoms with van der Waals surface area (Å²) >= 11 is 0. The molecule has 7 heteroatoms. The molecule has 3 aromatic rings. The van der Waals surface area contributed by atoms with Crippen molar-refractivity contribution < 1.29 is 24.2 Å². The maximum atomic E-state index is 13.5. The molecule has 7 nitrogen and oxygen atoms in total. The minimum atomic E-state index is -0.883. The standard InChI is InChI=1S/C26H22N2O5/c1-32-23-12-20-21(13-24(23)33-15-17-6-4-5-16(9-17)10-25(29)30)27-14-19-11-18-7-2-3-8-22(18)28(19)26(20)31/h2-9,12-14,19H,10-11,15H2,1H3,(H,29,30)/t19-/m0/s1. The normalized spacial score (nSPS) is 16.0. The summed E-state index contributed by atoms with van der Waals surface area (Å²) in [6.45, 7) is 0.225. The number of carbonyl (C=O) groups excluding carboxylic acids is 1. The number of amides is 1. The number of ether oxygens (including phenoxy) is 2. The Hall–Kier alpha value is -4.13. The number of carboxylic acid groups (broad SMARTS) is 1. The Balaban J connectivity index is 1.43. The fourth-order valence-corrected chi connectivity index (χ4v) is 4.35. The van der Waals surface area contributed by atoms with Gasteiger partial charge in [0.15, 0.2) is 11.5 Å². The Labute approximate surface area is 190 Å². The quantitative estimate of drug-likeness (QED) is 0.619. The number of hydrogen-bond acceptors (Lipinski definition) is 5. The molecule has 33 heavy (non-hydrogen) atoms. The van der Waals surface area contributed by atoms with E-state index in [-0.39, 0.29) is 25.0 Å². The Morgan fingerprint density at radius 3 is 2.73 bits per heavy atom. The van der Waals surface area contributed by atoms with Crippen molar-refractivity contribution >= 4 is 29.5 Å². The summed E-state index contributed by atoms with van der Waals surface area (Å²) in [5.41, 5.74) is 4.56. The summed E-state index contributed by atoms with van der Waals surface area (Å²) in [7, 11) is 1.53. The van der Waals surface area contributed by atoms with E-state index in [1.165, 1.54) is 7.11 Å². The van der Waals surface area contributed by atoms with Gasteiger partial charge in [0.2, 0.25) is 0 Å². The zero-order valence-electron chi connectivity index (χ0n) is 18.0. The van der Waals surface area contributed by atoms with Gasteiger partial charge in [-0.1, -0.05) is 42.5 Å². The number of benzene rings is 3. The lowest BCUT2D eigenvalue weighted by Crippen LogP contribution is -2.37. The summed E-state index contributed by atoms with van der Waals surface area (Å²) in [5.74, 6) is -0.105. The number of para-hydroxylation sites is 1. The van der Waals surface area contributed by atoms with Crippen LogP contribution in [0.5, 0.6) is 11.5 Å². The number of aliphatic carboxylic acids is 1. The maximum absolute atomic E-state index is 13.5. The van der Waals surface area contributed by atoms with Gasteiger partial charge in [-0.05, 0) is 28.8 Å². The first-order valence-corrected chi connectivity index (χ1v) is 10.6. The van der Waals surface area contributed by atoms with E-state index >= 15 is 0 Å². The van der Waals surface area contributed by atoms with Crippen LogP contribution in [0.25, 0.3) is 0 Å². The number of rotatable bonds is 6. The van der Waals surface area contributed by atoms with Crippen molar-refractivity contribution in [2.24, 2.45) is 4.99 Å². The molecule has 1 N–H and O–H groups in total. The van der Waals surface area contributed by atoms with Gasteiger partial charge < -0.3 is 14.6 Å². The van der Waals surface area contributed by atoms with Gasteiger partial charge in [-0.25, -0.2) is 0 Å². The Bertz CT molecular complexity index is 1280. The number of carboxylic acids is 1. The SMILES string of the molecule is COc1cc2c(cc1OCc1cccc(CC(=O)O)c1)N=C[C@@H]1Cc3ccccc3N1C2=O. The van der Waals surface area contributed by atoms with Crippen molar-refractivity contribution in [3.8, 4) is 11.5 Å². The molecular formula is C26H22N2O5. The van der Waals surface area contributed by atoms with Crippen molar-refractivity contribution in [3.63, 3.8) is 0 Å². The van der Waals surface area contributed by atoms with Crippen LogP contribution in [0.3, 0.4) is 0 Å². The molecule has 0 bridgehead atoms. The van der Waals surface area contributed by atoms with Gasteiger partial charge in [0, 0.05) is 24.4 Å². The fourth-order valence-electron chi connectivity index (χ4n) is 4.35. The molecule has 5 rings (SSSR count). The molecule has 0 aliphatic carbocycles. The second-order valence-corrected chi connectivity index (χ2v) is 8.05. The summed E-state index contributed by atoms with van der Waals surface area (Å²) < 4.78 is 11.5. The molecule has 2 heterocycles. The number of nitrogens with zero attached hydrogens (tertiary/aromatic N) is 2. The second-order valence-electron chi connectivity index (χ2n) is 8.05. The van der Waals surface area contributed by atoms with Crippen LogP contribution in [-0.2, 0) is 24.2 Å².